The summed E-state index contributed by atoms with van der Waals surface area (Å²) in [6.45, 7) is 6.51. The maximum atomic E-state index is 5.60. The molecule has 80 valence electrons. The fourth-order valence-corrected chi connectivity index (χ4v) is 1.62. The summed E-state index contributed by atoms with van der Waals surface area (Å²) >= 11 is 0. The van der Waals surface area contributed by atoms with Crippen LogP contribution in [-0.2, 0) is 0 Å². The molecule has 0 spiro atoms. The van der Waals surface area contributed by atoms with Crippen LogP contribution in [0.5, 0.6) is 5.75 Å². The molecule has 0 aliphatic carbocycles. The van der Waals surface area contributed by atoms with Crippen molar-refractivity contribution in [1.82, 2.24) is 0 Å². The van der Waals surface area contributed by atoms with E-state index < -0.39 is 0 Å². The molecule has 14 heavy (non-hydrogen) atoms. The number of benzene rings is 1. The largest absolute Gasteiger partial charge is 0.477 e. The third-order valence-electron chi connectivity index (χ3n) is 1.70. The first-order valence-electron chi connectivity index (χ1n) is 4.65. The lowest BCUT2D eigenvalue weighted by Crippen LogP contribution is -1.91. The van der Waals surface area contributed by atoms with Crippen LogP contribution in [0.4, 0.5) is 0 Å². The number of rotatable bonds is 4. The maximum Gasteiger partial charge on any atom is 0.122 e. The van der Waals surface area contributed by atoms with Gasteiger partial charge in [-0.2, -0.15) is 0 Å². The predicted molar refractivity (Wildman–Crippen MR) is 67.1 cm³/mol. The Bertz CT molecular complexity index is 246. The first-order chi connectivity index (χ1) is 6.18. The number of hydrogen-bond donors (Lipinski definition) is 0. The maximum absolute atomic E-state index is 5.60. The van der Waals surface area contributed by atoms with E-state index in [1.54, 1.807) is 0 Å². The van der Waals surface area contributed by atoms with Crippen molar-refractivity contribution in [3.05, 3.63) is 29.8 Å². The fraction of sp³-hybridized carbons (Fsp3) is 0.455. The van der Waals surface area contributed by atoms with Crippen LogP contribution >= 0.6 is 21.2 Å². The minimum absolute atomic E-state index is 0. The molecule has 0 amide bonds. The summed E-state index contributed by atoms with van der Waals surface area (Å²) in [5.41, 5.74) is 1.28. The van der Waals surface area contributed by atoms with Gasteiger partial charge in [0.05, 0.1) is 8.81 Å². The second-order valence-electron chi connectivity index (χ2n) is 3.66. The molecule has 1 rings (SSSR count). The third kappa shape index (κ3) is 5.47. The molecule has 0 radical (unpaired) electrons. The van der Waals surface area contributed by atoms with E-state index in [2.05, 4.69) is 32.9 Å². The highest BCUT2D eigenvalue weighted by atomic mass is 35.5. The Kier molecular flexibility index (Phi) is 6.96. The molecule has 0 aromatic heterocycles. The zero-order valence-electron chi connectivity index (χ0n) is 8.91. The predicted octanol–water partition coefficient (Wildman–Crippen LogP) is 4.05. The van der Waals surface area contributed by atoms with Crippen LogP contribution in [0.25, 0.3) is 0 Å². The summed E-state index contributed by atoms with van der Waals surface area (Å²) in [6.07, 6.45) is 1.15. The molecule has 0 saturated carbocycles. The van der Waals surface area contributed by atoms with E-state index >= 15 is 0 Å². The quantitative estimate of drug-likeness (QED) is 0.712. The molecule has 0 saturated heterocycles. The standard InChI is InChI=1S/C11H17OP.ClH/c1-9(2)8-13-12-11-6-4-10(3)5-7-11;/h4-7,9,13H,8H2,1-3H3;1H. The Labute approximate surface area is 94.5 Å². The van der Waals surface area contributed by atoms with Crippen molar-refractivity contribution < 1.29 is 4.52 Å². The average Bonchev–Trinajstić information content (AvgIpc) is 2.08. The van der Waals surface area contributed by atoms with Gasteiger partial charge in [0.25, 0.3) is 0 Å². The van der Waals surface area contributed by atoms with Crippen LogP contribution in [0.3, 0.4) is 0 Å². The van der Waals surface area contributed by atoms with E-state index in [0.29, 0.717) is 8.81 Å². The highest BCUT2D eigenvalue weighted by molar-refractivity contribution is 7.32. The topological polar surface area (TPSA) is 9.23 Å². The molecule has 1 atom stereocenters. The lowest BCUT2D eigenvalue weighted by molar-refractivity contribution is 0.615. The van der Waals surface area contributed by atoms with Gasteiger partial charge in [-0.15, -0.1) is 12.4 Å². The smallest absolute Gasteiger partial charge is 0.122 e. The van der Waals surface area contributed by atoms with E-state index in [9.17, 15) is 0 Å². The summed E-state index contributed by atoms with van der Waals surface area (Å²) in [7, 11) is 0.587. The van der Waals surface area contributed by atoms with E-state index in [0.717, 1.165) is 17.8 Å². The van der Waals surface area contributed by atoms with Crippen molar-refractivity contribution in [2.75, 3.05) is 6.16 Å². The Hall–Kier alpha value is -0.260. The average molecular weight is 233 g/mol. The third-order valence-corrected chi connectivity index (χ3v) is 3.07. The van der Waals surface area contributed by atoms with Gasteiger partial charge >= 0.3 is 0 Å². The van der Waals surface area contributed by atoms with Gasteiger partial charge in [0.2, 0.25) is 0 Å². The second-order valence-corrected chi connectivity index (χ2v) is 4.56. The molecule has 0 fully saturated rings. The highest BCUT2D eigenvalue weighted by Gasteiger charge is 1.95. The molecule has 3 heteroatoms. The van der Waals surface area contributed by atoms with Gasteiger partial charge in [0, 0.05) is 6.16 Å². The van der Waals surface area contributed by atoms with Crippen LogP contribution in [0, 0.1) is 12.8 Å². The summed E-state index contributed by atoms with van der Waals surface area (Å²) in [6, 6.07) is 8.22. The number of halogens is 1. The normalized spacial score (nSPS) is 10.6. The van der Waals surface area contributed by atoms with Gasteiger partial charge in [0.1, 0.15) is 5.75 Å². The number of hydrogen-bond acceptors (Lipinski definition) is 1. The van der Waals surface area contributed by atoms with Crippen molar-refractivity contribution in [1.29, 1.82) is 0 Å². The Balaban J connectivity index is 0.00000169. The Morgan fingerprint density at radius 2 is 1.79 bits per heavy atom. The first kappa shape index (κ1) is 13.7. The van der Waals surface area contributed by atoms with Gasteiger partial charge in [0.15, 0.2) is 0 Å². The fourth-order valence-electron chi connectivity index (χ4n) is 0.898. The Morgan fingerprint density at radius 1 is 1.21 bits per heavy atom. The molecule has 0 aliphatic heterocycles. The minimum Gasteiger partial charge on any atom is -0.477 e. The van der Waals surface area contributed by atoms with Gasteiger partial charge in [-0.05, 0) is 25.0 Å². The lowest BCUT2D eigenvalue weighted by atomic mass is 10.2. The monoisotopic (exact) mass is 232 g/mol. The van der Waals surface area contributed by atoms with Gasteiger partial charge < -0.3 is 4.52 Å². The second kappa shape index (κ2) is 7.09. The van der Waals surface area contributed by atoms with Crippen LogP contribution in [0.1, 0.15) is 19.4 Å². The van der Waals surface area contributed by atoms with Crippen molar-refractivity contribution in [3.8, 4) is 5.75 Å². The molecule has 0 bridgehead atoms. The highest BCUT2D eigenvalue weighted by Crippen LogP contribution is 2.22. The van der Waals surface area contributed by atoms with Crippen LogP contribution in [0.15, 0.2) is 24.3 Å². The molecule has 1 nitrogen and oxygen atoms in total. The van der Waals surface area contributed by atoms with Gasteiger partial charge in [-0.25, -0.2) is 0 Å². The molecule has 1 unspecified atom stereocenters. The number of aryl methyl sites for hydroxylation is 1. The zero-order valence-corrected chi connectivity index (χ0v) is 10.7. The first-order valence-corrected chi connectivity index (χ1v) is 5.76. The molecule has 1 aromatic rings. The zero-order chi connectivity index (χ0) is 9.68. The SMILES string of the molecule is Cc1ccc(OPCC(C)C)cc1.Cl. The van der Waals surface area contributed by atoms with E-state index in [1.807, 2.05) is 12.1 Å². The summed E-state index contributed by atoms with van der Waals surface area (Å²) in [5, 5.41) is 0. The minimum atomic E-state index is 0. The van der Waals surface area contributed by atoms with Gasteiger partial charge in [-0.1, -0.05) is 31.5 Å². The summed E-state index contributed by atoms with van der Waals surface area (Å²) in [4.78, 5) is 0. The van der Waals surface area contributed by atoms with E-state index in [-0.39, 0.29) is 12.4 Å². The van der Waals surface area contributed by atoms with Gasteiger partial charge in [-0.3, -0.25) is 0 Å². The van der Waals surface area contributed by atoms with Crippen molar-refractivity contribution in [3.63, 3.8) is 0 Å². The van der Waals surface area contributed by atoms with Crippen molar-refractivity contribution in [2.24, 2.45) is 5.92 Å². The molecule has 1 aromatic carbocycles. The lowest BCUT2D eigenvalue weighted by Gasteiger charge is -2.07. The summed E-state index contributed by atoms with van der Waals surface area (Å²) < 4.78 is 5.60. The van der Waals surface area contributed by atoms with Crippen LogP contribution < -0.4 is 4.52 Å². The molecular formula is C11H18ClOP. The summed E-state index contributed by atoms with van der Waals surface area (Å²) in [5.74, 6) is 1.72. The molecule has 0 heterocycles. The van der Waals surface area contributed by atoms with Crippen LogP contribution in [-0.4, -0.2) is 6.16 Å². The van der Waals surface area contributed by atoms with E-state index in [4.69, 9.17) is 4.52 Å². The molecular weight excluding hydrogens is 215 g/mol. The van der Waals surface area contributed by atoms with Crippen molar-refractivity contribution in [2.45, 2.75) is 20.8 Å². The molecule has 0 aliphatic rings. The van der Waals surface area contributed by atoms with Crippen molar-refractivity contribution >= 4 is 21.2 Å². The Morgan fingerprint density at radius 3 is 2.29 bits per heavy atom. The molecule has 0 N–H and O–H groups in total. The van der Waals surface area contributed by atoms with Crippen LogP contribution in [0.2, 0.25) is 0 Å². The van der Waals surface area contributed by atoms with E-state index in [1.165, 1.54) is 5.56 Å².